The first-order valence-electron chi connectivity index (χ1n) is 6.74. The number of rotatable bonds is 4. The van der Waals surface area contributed by atoms with E-state index in [-0.39, 0.29) is 17.7 Å². The summed E-state index contributed by atoms with van der Waals surface area (Å²) in [5.74, 6) is 0.212. The number of nitrogens with zero attached hydrogens (tertiary/aromatic N) is 1. The highest BCUT2D eigenvalue weighted by molar-refractivity contribution is 9.10. The lowest BCUT2D eigenvalue weighted by Gasteiger charge is -2.30. The third-order valence-corrected chi connectivity index (χ3v) is 3.96. The summed E-state index contributed by atoms with van der Waals surface area (Å²) in [5.41, 5.74) is 2.47. The Morgan fingerprint density at radius 1 is 1.29 bits per heavy atom. The normalized spacial score (nSPS) is 15.4. The second kappa shape index (κ2) is 7.26. The van der Waals surface area contributed by atoms with E-state index in [1.807, 2.05) is 12.1 Å². The Bertz CT molecular complexity index is 522. The highest BCUT2D eigenvalue weighted by Crippen LogP contribution is 2.19. The first-order chi connectivity index (χ1) is 10.1. The predicted octanol–water partition coefficient (Wildman–Crippen LogP) is 2.28. The molecular formula is C15H17BrN2O3. The largest absolute Gasteiger partial charge is 0.380 e. The van der Waals surface area contributed by atoms with Crippen molar-refractivity contribution in [3.8, 4) is 5.75 Å². The molecule has 6 heteroatoms. The van der Waals surface area contributed by atoms with Crippen LogP contribution in [0.4, 0.5) is 0 Å². The van der Waals surface area contributed by atoms with Crippen molar-refractivity contribution in [2.45, 2.75) is 12.8 Å². The van der Waals surface area contributed by atoms with Crippen LogP contribution in [-0.2, 0) is 9.59 Å². The van der Waals surface area contributed by atoms with Crippen molar-refractivity contribution in [1.82, 2.24) is 10.4 Å². The molecule has 0 radical (unpaired) electrons. The van der Waals surface area contributed by atoms with Gasteiger partial charge in [-0.15, -0.1) is 0 Å². The van der Waals surface area contributed by atoms with Gasteiger partial charge in [-0.1, -0.05) is 22.5 Å². The quantitative estimate of drug-likeness (QED) is 0.668. The summed E-state index contributed by atoms with van der Waals surface area (Å²) >= 11 is 3.33. The van der Waals surface area contributed by atoms with Gasteiger partial charge in [0, 0.05) is 23.5 Å². The van der Waals surface area contributed by atoms with Crippen molar-refractivity contribution in [3.63, 3.8) is 0 Å². The minimum absolute atomic E-state index is 0.0834. The molecule has 1 N–H and O–H groups in total. The fraction of sp³-hybridized carbons (Fsp3) is 0.333. The lowest BCUT2D eigenvalue weighted by molar-refractivity contribution is -0.136. The molecular weight excluding hydrogens is 336 g/mol. The van der Waals surface area contributed by atoms with Gasteiger partial charge >= 0.3 is 0 Å². The molecule has 0 saturated carbocycles. The number of piperidine rings is 1. The average Bonchev–Trinajstić information content (AvgIpc) is 2.53. The van der Waals surface area contributed by atoms with Gasteiger partial charge in [0.15, 0.2) is 5.75 Å². The first-order valence-corrected chi connectivity index (χ1v) is 7.53. The summed E-state index contributed by atoms with van der Waals surface area (Å²) in [6.07, 6.45) is 2.57. The van der Waals surface area contributed by atoms with E-state index < -0.39 is 0 Å². The molecule has 1 aliphatic heterocycles. The molecule has 1 aliphatic rings. The van der Waals surface area contributed by atoms with Gasteiger partial charge < -0.3 is 9.74 Å². The molecule has 0 aromatic heterocycles. The SMILES string of the molecule is C=CC(=O)N1CCC(C(=O)NOc2ccc(Br)cc2)CC1. The van der Waals surface area contributed by atoms with Crippen LogP contribution in [0.5, 0.6) is 5.75 Å². The number of nitrogens with one attached hydrogen (secondary N) is 1. The monoisotopic (exact) mass is 352 g/mol. The van der Waals surface area contributed by atoms with Crippen molar-refractivity contribution in [2.24, 2.45) is 5.92 Å². The number of halogens is 1. The van der Waals surface area contributed by atoms with E-state index in [1.165, 1.54) is 6.08 Å². The summed E-state index contributed by atoms with van der Waals surface area (Å²) in [4.78, 5) is 30.4. The van der Waals surface area contributed by atoms with E-state index in [9.17, 15) is 9.59 Å². The van der Waals surface area contributed by atoms with Gasteiger partial charge in [-0.05, 0) is 43.2 Å². The van der Waals surface area contributed by atoms with Gasteiger partial charge in [0.05, 0.1) is 0 Å². The Morgan fingerprint density at radius 3 is 2.48 bits per heavy atom. The summed E-state index contributed by atoms with van der Waals surface area (Å²) in [6.45, 7) is 4.61. The standard InChI is InChI=1S/C15H17BrN2O3/c1-2-14(19)18-9-7-11(8-10-18)15(20)17-21-13-5-3-12(16)4-6-13/h2-6,11H,1,7-10H2,(H,17,20). The van der Waals surface area contributed by atoms with E-state index in [4.69, 9.17) is 4.84 Å². The second-order valence-corrected chi connectivity index (χ2v) is 5.74. The molecule has 0 spiro atoms. The van der Waals surface area contributed by atoms with Gasteiger partial charge in [0.2, 0.25) is 5.91 Å². The fourth-order valence-electron chi connectivity index (χ4n) is 2.19. The highest BCUT2D eigenvalue weighted by Gasteiger charge is 2.26. The summed E-state index contributed by atoms with van der Waals surface area (Å²) < 4.78 is 0.945. The van der Waals surface area contributed by atoms with Gasteiger partial charge in [-0.3, -0.25) is 9.59 Å². The van der Waals surface area contributed by atoms with Crippen molar-refractivity contribution in [1.29, 1.82) is 0 Å². The van der Waals surface area contributed by atoms with Crippen LogP contribution in [0.3, 0.4) is 0 Å². The predicted molar refractivity (Wildman–Crippen MR) is 82.4 cm³/mol. The van der Waals surface area contributed by atoms with Crippen LogP contribution in [0.25, 0.3) is 0 Å². The lowest BCUT2D eigenvalue weighted by atomic mass is 9.96. The minimum atomic E-state index is -0.149. The van der Waals surface area contributed by atoms with E-state index in [1.54, 1.807) is 17.0 Å². The molecule has 1 aromatic rings. The lowest BCUT2D eigenvalue weighted by Crippen LogP contribution is -2.43. The number of carbonyl (C=O) groups excluding carboxylic acids is 2. The number of amides is 2. The van der Waals surface area contributed by atoms with Crippen LogP contribution in [0.1, 0.15) is 12.8 Å². The Kier molecular flexibility index (Phi) is 5.38. The smallest absolute Gasteiger partial charge is 0.255 e. The molecule has 2 amide bonds. The zero-order chi connectivity index (χ0) is 15.2. The zero-order valence-electron chi connectivity index (χ0n) is 11.5. The van der Waals surface area contributed by atoms with Crippen molar-refractivity contribution in [3.05, 3.63) is 41.4 Å². The molecule has 1 fully saturated rings. The Labute approximate surface area is 132 Å². The van der Waals surface area contributed by atoms with E-state index in [0.29, 0.717) is 31.7 Å². The van der Waals surface area contributed by atoms with E-state index in [0.717, 1.165) is 4.47 Å². The Hall–Kier alpha value is -1.82. The second-order valence-electron chi connectivity index (χ2n) is 4.83. The first kappa shape index (κ1) is 15.6. The number of benzene rings is 1. The Balaban J connectivity index is 1.78. The summed E-state index contributed by atoms with van der Waals surface area (Å²) in [7, 11) is 0. The third kappa shape index (κ3) is 4.32. The van der Waals surface area contributed by atoms with Crippen LogP contribution in [-0.4, -0.2) is 29.8 Å². The molecule has 1 aromatic carbocycles. The summed E-state index contributed by atoms with van der Waals surface area (Å²) in [5, 5.41) is 0. The molecule has 1 saturated heterocycles. The number of likely N-dealkylation sites (tertiary alicyclic amines) is 1. The molecule has 0 aliphatic carbocycles. The number of hydrogen-bond donors (Lipinski definition) is 1. The Morgan fingerprint density at radius 2 is 1.90 bits per heavy atom. The molecule has 1 heterocycles. The summed E-state index contributed by atoms with van der Waals surface area (Å²) in [6, 6.07) is 7.19. The highest BCUT2D eigenvalue weighted by atomic mass is 79.9. The molecule has 0 bridgehead atoms. The number of hydrogen-bond acceptors (Lipinski definition) is 3. The molecule has 5 nitrogen and oxygen atoms in total. The van der Waals surface area contributed by atoms with Crippen LogP contribution in [0, 0.1) is 5.92 Å². The molecule has 0 atom stereocenters. The van der Waals surface area contributed by atoms with E-state index in [2.05, 4.69) is 28.0 Å². The maximum absolute atomic E-state index is 12.0. The van der Waals surface area contributed by atoms with Crippen LogP contribution < -0.4 is 10.3 Å². The molecule has 112 valence electrons. The van der Waals surface area contributed by atoms with Gasteiger partial charge in [-0.2, -0.15) is 5.48 Å². The van der Waals surface area contributed by atoms with Gasteiger partial charge in [-0.25, -0.2) is 0 Å². The third-order valence-electron chi connectivity index (χ3n) is 3.44. The zero-order valence-corrected chi connectivity index (χ0v) is 13.1. The molecule has 0 unspecified atom stereocenters. The maximum atomic E-state index is 12.0. The van der Waals surface area contributed by atoms with Crippen molar-refractivity contribution < 1.29 is 14.4 Å². The van der Waals surface area contributed by atoms with Crippen LogP contribution >= 0.6 is 15.9 Å². The van der Waals surface area contributed by atoms with Crippen molar-refractivity contribution >= 4 is 27.7 Å². The topological polar surface area (TPSA) is 58.6 Å². The van der Waals surface area contributed by atoms with Gasteiger partial charge in [0.1, 0.15) is 0 Å². The van der Waals surface area contributed by atoms with Crippen LogP contribution in [0.2, 0.25) is 0 Å². The van der Waals surface area contributed by atoms with Crippen LogP contribution in [0.15, 0.2) is 41.4 Å². The van der Waals surface area contributed by atoms with Gasteiger partial charge in [0.25, 0.3) is 5.91 Å². The molecule has 21 heavy (non-hydrogen) atoms. The number of hydroxylamine groups is 1. The van der Waals surface area contributed by atoms with Crippen molar-refractivity contribution in [2.75, 3.05) is 13.1 Å². The number of carbonyl (C=O) groups is 2. The van der Waals surface area contributed by atoms with E-state index >= 15 is 0 Å². The molecule has 2 rings (SSSR count). The average molecular weight is 353 g/mol. The fourth-order valence-corrected chi connectivity index (χ4v) is 2.45. The maximum Gasteiger partial charge on any atom is 0.255 e. The minimum Gasteiger partial charge on any atom is -0.380 e.